The maximum atomic E-state index is 13.2. The Kier molecular flexibility index (Phi) is 6.95. The Morgan fingerprint density at radius 1 is 1.10 bits per heavy atom. The highest BCUT2D eigenvalue weighted by Crippen LogP contribution is 2.27. The molecule has 1 atom stereocenters. The van der Waals surface area contributed by atoms with E-state index >= 15 is 0 Å². The molecular formula is C21H30N2O5S. The first-order chi connectivity index (χ1) is 13.8. The Hall–Kier alpha value is -1.93. The van der Waals surface area contributed by atoms with Crippen LogP contribution in [0.1, 0.15) is 60.9 Å². The van der Waals surface area contributed by atoms with Crippen molar-refractivity contribution in [2.24, 2.45) is 5.92 Å². The third kappa shape index (κ3) is 4.98. The van der Waals surface area contributed by atoms with Crippen LogP contribution < -0.4 is 5.32 Å². The second-order valence-electron chi connectivity index (χ2n) is 8.02. The van der Waals surface area contributed by atoms with Gasteiger partial charge in [-0.1, -0.05) is 19.3 Å². The minimum Gasteiger partial charge on any atom is -0.465 e. The molecule has 7 nitrogen and oxygen atoms in total. The number of benzene rings is 1. The number of nitrogens with one attached hydrogen (secondary N) is 1. The van der Waals surface area contributed by atoms with E-state index in [1.165, 1.54) is 36.0 Å². The van der Waals surface area contributed by atoms with E-state index in [-0.39, 0.29) is 29.3 Å². The van der Waals surface area contributed by atoms with E-state index in [1.807, 2.05) is 0 Å². The highest BCUT2D eigenvalue weighted by molar-refractivity contribution is 7.89. The quantitative estimate of drug-likeness (QED) is 0.737. The van der Waals surface area contributed by atoms with E-state index in [2.05, 4.69) is 5.32 Å². The molecule has 2 fully saturated rings. The van der Waals surface area contributed by atoms with Crippen LogP contribution in [0.4, 0.5) is 0 Å². The number of esters is 1. The zero-order chi connectivity index (χ0) is 21.0. The first-order valence-corrected chi connectivity index (χ1v) is 11.8. The topological polar surface area (TPSA) is 92.8 Å². The van der Waals surface area contributed by atoms with Gasteiger partial charge in [0.15, 0.2) is 0 Å². The van der Waals surface area contributed by atoms with Crippen molar-refractivity contribution in [1.29, 1.82) is 0 Å². The van der Waals surface area contributed by atoms with Crippen molar-refractivity contribution >= 4 is 21.9 Å². The van der Waals surface area contributed by atoms with Crippen molar-refractivity contribution in [1.82, 2.24) is 9.62 Å². The van der Waals surface area contributed by atoms with Crippen molar-refractivity contribution in [2.75, 3.05) is 20.2 Å². The molecule has 1 amide bonds. The molecule has 1 aromatic rings. The van der Waals surface area contributed by atoms with Crippen molar-refractivity contribution < 1.29 is 22.7 Å². The molecule has 1 saturated heterocycles. The van der Waals surface area contributed by atoms with Gasteiger partial charge in [0.1, 0.15) is 0 Å². The zero-order valence-electron chi connectivity index (χ0n) is 17.1. The number of rotatable bonds is 5. The Bertz CT molecular complexity index is 862. The van der Waals surface area contributed by atoms with Gasteiger partial charge in [0, 0.05) is 19.1 Å². The summed E-state index contributed by atoms with van der Waals surface area (Å²) in [7, 11) is -2.45. The molecule has 29 heavy (non-hydrogen) atoms. The Labute approximate surface area is 172 Å². The highest BCUT2D eigenvalue weighted by atomic mass is 32.2. The molecule has 160 valence electrons. The summed E-state index contributed by atoms with van der Waals surface area (Å²) < 4.78 is 32.5. The smallest absolute Gasteiger partial charge is 0.337 e. The average molecular weight is 423 g/mol. The molecule has 1 aromatic carbocycles. The third-order valence-electron chi connectivity index (χ3n) is 5.92. The SMILES string of the molecule is COC(=O)c1ccc(S(=O)(=O)N2CCCC(C(=O)NC3CCCCC3)C2)c(C)c1. The number of aryl methyl sites for hydroxylation is 1. The van der Waals surface area contributed by atoms with E-state index in [0.717, 1.165) is 25.7 Å². The van der Waals surface area contributed by atoms with Crippen LogP contribution in [0.5, 0.6) is 0 Å². The number of carbonyl (C=O) groups excluding carboxylic acids is 2. The predicted molar refractivity (Wildman–Crippen MR) is 109 cm³/mol. The van der Waals surface area contributed by atoms with E-state index in [0.29, 0.717) is 30.5 Å². The van der Waals surface area contributed by atoms with Gasteiger partial charge >= 0.3 is 5.97 Å². The number of carbonyl (C=O) groups is 2. The molecule has 2 aliphatic rings. The molecule has 3 rings (SSSR count). The largest absolute Gasteiger partial charge is 0.465 e. The fourth-order valence-corrected chi connectivity index (χ4v) is 5.99. The van der Waals surface area contributed by atoms with Crippen molar-refractivity contribution in [3.8, 4) is 0 Å². The summed E-state index contributed by atoms with van der Waals surface area (Å²) in [5, 5.41) is 3.13. The maximum Gasteiger partial charge on any atom is 0.337 e. The van der Waals surface area contributed by atoms with Crippen molar-refractivity contribution in [3.05, 3.63) is 29.3 Å². The fraction of sp³-hybridized carbons (Fsp3) is 0.619. The monoisotopic (exact) mass is 422 g/mol. The lowest BCUT2D eigenvalue weighted by atomic mass is 9.93. The molecular weight excluding hydrogens is 392 g/mol. The standard InChI is InChI=1S/C21H30N2O5S/c1-15-13-16(21(25)28-2)10-11-19(15)29(26,27)23-12-6-7-17(14-23)20(24)22-18-8-4-3-5-9-18/h10-11,13,17-18H,3-9,12,14H2,1-2H3,(H,22,24). The lowest BCUT2D eigenvalue weighted by Crippen LogP contribution is -2.47. The lowest BCUT2D eigenvalue weighted by molar-refractivity contribution is -0.127. The summed E-state index contributed by atoms with van der Waals surface area (Å²) in [4.78, 5) is 24.6. The van der Waals surface area contributed by atoms with Gasteiger partial charge in [-0.05, 0) is 56.4 Å². The van der Waals surface area contributed by atoms with Gasteiger partial charge < -0.3 is 10.1 Å². The number of piperidine rings is 1. The van der Waals surface area contributed by atoms with Gasteiger partial charge in [-0.3, -0.25) is 4.79 Å². The van der Waals surface area contributed by atoms with Crippen LogP contribution in [0.15, 0.2) is 23.1 Å². The Morgan fingerprint density at radius 3 is 2.48 bits per heavy atom. The highest BCUT2D eigenvalue weighted by Gasteiger charge is 2.34. The molecule has 0 bridgehead atoms. The van der Waals surface area contributed by atoms with Gasteiger partial charge in [0.2, 0.25) is 15.9 Å². The van der Waals surface area contributed by atoms with E-state index in [4.69, 9.17) is 4.74 Å². The third-order valence-corrected chi connectivity index (χ3v) is 7.95. The number of methoxy groups -OCH3 is 1. The summed E-state index contributed by atoms with van der Waals surface area (Å²) in [6.45, 7) is 2.25. The van der Waals surface area contributed by atoms with Crippen LogP contribution in [0.25, 0.3) is 0 Å². The molecule has 0 radical (unpaired) electrons. The van der Waals surface area contributed by atoms with E-state index < -0.39 is 16.0 Å². The fourth-order valence-electron chi connectivity index (χ4n) is 4.26. The van der Waals surface area contributed by atoms with Crippen LogP contribution in [0.2, 0.25) is 0 Å². The minimum atomic E-state index is -3.74. The molecule has 1 N–H and O–H groups in total. The molecule has 0 aromatic heterocycles. The molecule has 0 spiro atoms. The van der Waals surface area contributed by atoms with E-state index in [9.17, 15) is 18.0 Å². The lowest BCUT2D eigenvalue weighted by Gasteiger charge is -2.33. The van der Waals surface area contributed by atoms with Gasteiger partial charge in [-0.15, -0.1) is 0 Å². The zero-order valence-corrected chi connectivity index (χ0v) is 18.0. The van der Waals surface area contributed by atoms with Gasteiger partial charge in [-0.2, -0.15) is 4.31 Å². The number of nitrogens with zero attached hydrogens (tertiary/aromatic N) is 1. The average Bonchev–Trinajstić information content (AvgIpc) is 2.73. The number of hydrogen-bond donors (Lipinski definition) is 1. The molecule has 1 aliphatic carbocycles. The van der Waals surface area contributed by atoms with Gasteiger partial charge in [0.05, 0.1) is 23.5 Å². The minimum absolute atomic E-state index is 0.0328. The van der Waals surface area contributed by atoms with Crippen LogP contribution in [-0.4, -0.2) is 50.8 Å². The van der Waals surface area contributed by atoms with Crippen molar-refractivity contribution in [2.45, 2.75) is 62.8 Å². The molecule has 1 aliphatic heterocycles. The van der Waals surface area contributed by atoms with Crippen LogP contribution >= 0.6 is 0 Å². The number of hydrogen-bond acceptors (Lipinski definition) is 5. The van der Waals surface area contributed by atoms with Crippen LogP contribution in [-0.2, 0) is 19.6 Å². The predicted octanol–water partition coefficient (Wildman–Crippen LogP) is 2.63. The molecule has 1 unspecified atom stereocenters. The van der Waals surface area contributed by atoms with Crippen LogP contribution in [0, 0.1) is 12.8 Å². The van der Waals surface area contributed by atoms with Gasteiger partial charge in [0.25, 0.3) is 0 Å². The van der Waals surface area contributed by atoms with Crippen molar-refractivity contribution in [3.63, 3.8) is 0 Å². The maximum absolute atomic E-state index is 13.2. The summed E-state index contributed by atoms with van der Waals surface area (Å²) in [6, 6.07) is 4.65. The molecule has 8 heteroatoms. The normalized spacial score (nSPS) is 21.5. The summed E-state index contributed by atoms with van der Waals surface area (Å²) in [6.07, 6.45) is 6.86. The second kappa shape index (κ2) is 9.26. The molecule has 1 saturated carbocycles. The van der Waals surface area contributed by atoms with Gasteiger partial charge in [-0.25, -0.2) is 13.2 Å². The number of ether oxygens (including phenoxy) is 1. The first-order valence-electron chi connectivity index (χ1n) is 10.3. The Balaban J connectivity index is 1.71. The summed E-state index contributed by atoms with van der Waals surface area (Å²) >= 11 is 0. The Morgan fingerprint density at radius 2 is 1.83 bits per heavy atom. The second-order valence-corrected chi connectivity index (χ2v) is 9.92. The summed E-state index contributed by atoms with van der Waals surface area (Å²) in [5.74, 6) is -0.862. The summed E-state index contributed by atoms with van der Waals surface area (Å²) in [5.41, 5.74) is 0.800. The number of sulfonamides is 1. The van der Waals surface area contributed by atoms with E-state index in [1.54, 1.807) is 6.92 Å². The number of amides is 1. The molecule has 1 heterocycles. The van der Waals surface area contributed by atoms with Crippen LogP contribution in [0.3, 0.4) is 0 Å². The first kappa shape index (κ1) is 21.8.